The van der Waals surface area contributed by atoms with Gasteiger partial charge < -0.3 is 14.5 Å². The van der Waals surface area contributed by atoms with Crippen molar-refractivity contribution in [2.75, 3.05) is 24.5 Å². The molecule has 118 valence electrons. The van der Waals surface area contributed by atoms with Gasteiger partial charge in [0.05, 0.1) is 0 Å². The number of amides is 1. The van der Waals surface area contributed by atoms with E-state index in [4.69, 9.17) is 10.00 Å². The van der Waals surface area contributed by atoms with Crippen molar-refractivity contribution in [1.29, 1.82) is 5.26 Å². The molecule has 1 aromatic rings. The van der Waals surface area contributed by atoms with E-state index in [-0.39, 0.29) is 12.1 Å². The van der Waals surface area contributed by atoms with Crippen molar-refractivity contribution in [3.63, 3.8) is 0 Å². The van der Waals surface area contributed by atoms with Crippen molar-refractivity contribution in [1.82, 2.24) is 14.9 Å². The van der Waals surface area contributed by atoms with Crippen molar-refractivity contribution >= 4 is 12.0 Å². The summed E-state index contributed by atoms with van der Waals surface area (Å²) in [6.07, 6.45) is 1.28. The molecule has 0 radical (unpaired) electrons. The third-order valence-corrected chi connectivity index (χ3v) is 3.29. The Morgan fingerprint density at radius 3 is 2.77 bits per heavy atom. The third kappa shape index (κ3) is 3.85. The number of nitriles is 1. The number of rotatable bonds is 1. The molecule has 0 aliphatic carbocycles. The molecule has 1 atom stereocenters. The molecule has 0 bridgehead atoms. The van der Waals surface area contributed by atoms with Gasteiger partial charge in [0.25, 0.3) is 0 Å². The van der Waals surface area contributed by atoms with Crippen LogP contribution < -0.4 is 4.90 Å². The SMILES string of the molecule is C[C@H]1CN(C(=O)OC(C)(C)C)CCN1c1nccc(C#N)n1. The zero-order valence-corrected chi connectivity index (χ0v) is 13.4. The van der Waals surface area contributed by atoms with E-state index in [0.29, 0.717) is 31.3 Å². The van der Waals surface area contributed by atoms with Crippen LogP contribution in [0.3, 0.4) is 0 Å². The lowest BCUT2D eigenvalue weighted by atomic mass is 10.2. The van der Waals surface area contributed by atoms with Gasteiger partial charge in [-0.3, -0.25) is 0 Å². The molecule has 1 saturated heterocycles. The Labute approximate surface area is 130 Å². The van der Waals surface area contributed by atoms with E-state index < -0.39 is 5.60 Å². The van der Waals surface area contributed by atoms with Gasteiger partial charge in [-0.1, -0.05) is 0 Å². The van der Waals surface area contributed by atoms with E-state index in [2.05, 4.69) is 9.97 Å². The molecule has 1 amide bonds. The largest absolute Gasteiger partial charge is 0.444 e. The Balaban J connectivity index is 2.04. The summed E-state index contributed by atoms with van der Waals surface area (Å²) in [4.78, 5) is 24.2. The molecule has 1 fully saturated rings. The van der Waals surface area contributed by atoms with Crippen LogP contribution in [0.15, 0.2) is 12.3 Å². The molecule has 0 aromatic carbocycles. The first-order valence-electron chi connectivity index (χ1n) is 7.28. The van der Waals surface area contributed by atoms with E-state index in [9.17, 15) is 4.79 Å². The fourth-order valence-electron chi connectivity index (χ4n) is 2.30. The van der Waals surface area contributed by atoms with Crippen LogP contribution >= 0.6 is 0 Å². The van der Waals surface area contributed by atoms with Gasteiger partial charge in [-0.15, -0.1) is 0 Å². The highest BCUT2D eigenvalue weighted by Crippen LogP contribution is 2.18. The number of ether oxygens (including phenoxy) is 1. The number of nitrogens with zero attached hydrogens (tertiary/aromatic N) is 5. The first-order valence-corrected chi connectivity index (χ1v) is 7.28. The molecular weight excluding hydrogens is 282 g/mol. The Hall–Kier alpha value is -2.36. The summed E-state index contributed by atoms with van der Waals surface area (Å²) in [5, 5.41) is 8.92. The van der Waals surface area contributed by atoms with Crippen molar-refractivity contribution in [3.8, 4) is 6.07 Å². The Kier molecular flexibility index (Phi) is 4.50. The molecule has 2 rings (SSSR count). The highest BCUT2D eigenvalue weighted by atomic mass is 16.6. The quantitative estimate of drug-likeness (QED) is 0.786. The molecule has 0 N–H and O–H groups in total. The van der Waals surface area contributed by atoms with Crippen LogP contribution in [0, 0.1) is 11.3 Å². The fraction of sp³-hybridized carbons (Fsp3) is 0.600. The molecule has 7 heteroatoms. The van der Waals surface area contributed by atoms with Gasteiger partial charge in [0.1, 0.15) is 17.4 Å². The number of aromatic nitrogens is 2. The average molecular weight is 303 g/mol. The van der Waals surface area contributed by atoms with E-state index in [0.717, 1.165) is 0 Å². The van der Waals surface area contributed by atoms with Crippen LogP contribution in [0.4, 0.5) is 10.7 Å². The Morgan fingerprint density at radius 1 is 1.45 bits per heavy atom. The second kappa shape index (κ2) is 6.18. The van der Waals surface area contributed by atoms with Crippen molar-refractivity contribution in [3.05, 3.63) is 18.0 Å². The van der Waals surface area contributed by atoms with Crippen molar-refractivity contribution in [2.45, 2.75) is 39.3 Å². The van der Waals surface area contributed by atoms with E-state index in [1.807, 2.05) is 38.7 Å². The van der Waals surface area contributed by atoms with Crippen molar-refractivity contribution < 1.29 is 9.53 Å². The molecule has 1 aliphatic rings. The lowest BCUT2D eigenvalue weighted by Gasteiger charge is -2.40. The molecule has 0 unspecified atom stereocenters. The fourth-order valence-corrected chi connectivity index (χ4v) is 2.30. The summed E-state index contributed by atoms with van der Waals surface area (Å²) in [6, 6.07) is 3.64. The average Bonchev–Trinajstić information content (AvgIpc) is 2.45. The van der Waals surface area contributed by atoms with Gasteiger partial charge in [-0.05, 0) is 33.8 Å². The van der Waals surface area contributed by atoms with Crippen LogP contribution in [0.5, 0.6) is 0 Å². The molecule has 1 aliphatic heterocycles. The number of anilines is 1. The summed E-state index contributed by atoms with van der Waals surface area (Å²) >= 11 is 0. The van der Waals surface area contributed by atoms with Crippen molar-refractivity contribution in [2.24, 2.45) is 0 Å². The smallest absolute Gasteiger partial charge is 0.410 e. The zero-order valence-electron chi connectivity index (χ0n) is 13.4. The van der Waals surface area contributed by atoms with Crippen LogP contribution in [0.1, 0.15) is 33.4 Å². The minimum atomic E-state index is -0.498. The lowest BCUT2D eigenvalue weighted by molar-refractivity contribution is 0.0218. The topological polar surface area (TPSA) is 82.4 Å². The van der Waals surface area contributed by atoms with Gasteiger partial charge in [-0.2, -0.15) is 5.26 Å². The van der Waals surface area contributed by atoms with Gasteiger partial charge in [0, 0.05) is 31.9 Å². The van der Waals surface area contributed by atoms with Gasteiger partial charge in [0.15, 0.2) is 0 Å². The van der Waals surface area contributed by atoms with E-state index in [1.54, 1.807) is 17.2 Å². The van der Waals surface area contributed by atoms with Crippen LogP contribution in [0.2, 0.25) is 0 Å². The molecule has 0 saturated carbocycles. The Morgan fingerprint density at radius 2 is 2.18 bits per heavy atom. The minimum absolute atomic E-state index is 0.0511. The maximum atomic E-state index is 12.1. The molecular formula is C15H21N5O2. The summed E-state index contributed by atoms with van der Waals surface area (Å²) in [5.74, 6) is 0.524. The molecule has 0 spiro atoms. The van der Waals surface area contributed by atoms with Gasteiger partial charge >= 0.3 is 6.09 Å². The maximum absolute atomic E-state index is 12.1. The van der Waals surface area contributed by atoms with E-state index >= 15 is 0 Å². The van der Waals surface area contributed by atoms with Gasteiger partial charge in [0.2, 0.25) is 5.95 Å². The second-order valence-electron chi connectivity index (χ2n) is 6.32. The molecule has 2 heterocycles. The molecule has 1 aromatic heterocycles. The normalized spacial score (nSPS) is 18.8. The first-order chi connectivity index (χ1) is 10.3. The summed E-state index contributed by atoms with van der Waals surface area (Å²) in [6.45, 7) is 9.24. The first kappa shape index (κ1) is 16.0. The summed E-state index contributed by atoms with van der Waals surface area (Å²) < 4.78 is 5.40. The number of carbonyl (C=O) groups excluding carboxylic acids is 1. The zero-order chi connectivity index (χ0) is 16.3. The molecule has 22 heavy (non-hydrogen) atoms. The summed E-state index contributed by atoms with van der Waals surface area (Å²) in [7, 11) is 0. The number of hydrogen-bond donors (Lipinski definition) is 0. The van der Waals surface area contributed by atoms with Crippen LogP contribution in [0.25, 0.3) is 0 Å². The Bertz CT molecular complexity index is 590. The monoisotopic (exact) mass is 303 g/mol. The predicted octanol–water partition coefficient (Wildman–Crippen LogP) is 1.79. The van der Waals surface area contributed by atoms with E-state index in [1.165, 1.54) is 0 Å². The predicted molar refractivity (Wildman–Crippen MR) is 81.4 cm³/mol. The molecule has 7 nitrogen and oxygen atoms in total. The number of piperazine rings is 1. The number of carbonyl (C=O) groups is 1. The highest BCUT2D eigenvalue weighted by molar-refractivity contribution is 5.68. The minimum Gasteiger partial charge on any atom is -0.444 e. The standard InChI is InChI=1S/C15H21N5O2/c1-11-10-19(14(21)22-15(2,3)4)7-8-20(11)13-17-6-5-12(9-16)18-13/h5-6,11H,7-8,10H2,1-4H3/t11-/m0/s1. The lowest BCUT2D eigenvalue weighted by Crippen LogP contribution is -2.55. The summed E-state index contributed by atoms with van der Waals surface area (Å²) in [5.41, 5.74) is -0.159. The maximum Gasteiger partial charge on any atom is 0.410 e. The number of hydrogen-bond acceptors (Lipinski definition) is 6. The third-order valence-electron chi connectivity index (χ3n) is 3.29. The van der Waals surface area contributed by atoms with Crippen LogP contribution in [-0.2, 0) is 4.74 Å². The highest BCUT2D eigenvalue weighted by Gasteiger charge is 2.30. The van der Waals surface area contributed by atoms with Gasteiger partial charge in [-0.25, -0.2) is 14.8 Å². The van der Waals surface area contributed by atoms with Crippen LogP contribution in [-0.4, -0.2) is 52.2 Å². The second-order valence-corrected chi connectivity index (χ2v) is 6.32.